The van der Waals surface area contributed by atoms with Crippen molar-refractivity contribution in [3.8, 4) is 0 Å². The van der Waals surface area contributed by atoms with E-state index in [0.29, 0.717) is 24.7 Å². The average molecular weight is 285 g/mol. The third kappa shape index (κ3) is 3.04. The molecule has 1 aromatic rings. The molecule has 20 heavy (non-hydrogen) atoms. The lowest BCUT2D eigenvalue weighted by Gasteiger charge is -2.21. The zero-order valence-electron chi connectivity index (χ0n) is 11.2. The summed E-state index contributed by atoms with van der Waals surface area (Å²) in [5.41, 5.74) is -0.150. The summed E-state index contributed by atoms with van der Waals surface area (Å²) in [7, 11) is 1.86. The first-order chi connectivity index (χ1) is 9.52. The SMILES string of the molecule is CNCC1CCN(c2ccc([N+](=O)[O-])cc2C(F)F)C1. The summed E-state index contributed by atoms with van der Waals surface area (Å²) >= 11 is 0. The second kappa shape index (κ2) is 6.13. The summed E-state index contributed by atoms with van der Waals surface area (Å²) in [5.74, 6) is 0.417. The third-order valence-electron chi connectivity index (χ3n) is 3.58. The van der Waals surface area contributed by atoms with Crippen LogP contribution in [0.15, 0.2) is 18.2 Å². The smallest absolute Gasteiger partial charge is 0.270 e. The Labute approximate surface area is 115 Å². The Kier molecular flexibility index (Phi) is 4.49. The number of hydrogen-bond acceptors (Lipinski definition) is 4. The number of benzene rings is 1. The number of nitro benzene ring substituents is 1. The van der Waals surface area contributed by atoms with Crippen LogP contribution in [-0.4, -0.2) is 31.6 Å². The van der Waals surface area contributed by atoms with E-state index in [0.717, 1.165) is 19.0 Å². The molecule has 1 aliphatic rings. The fraction of sp³-hybridized carbons (Fsp3) is 0.538. The van der Waals surface area contributed by atoms with Crippen LogP contribution in [0.1, 0.15) is 18.4 Å². The van der Waals surface area contributed by atoms with Crippen LogP contribution in [-0.2, 0) is 0 Å². The first-order valence-electron chi connectivity index (χ1n) is 6.49. The molecule has 0 amide bonds. The second-order valence-electron chi connectivity index (χ2n) is 4.96. The highest BCUT2D eigenvalue weighted by atomic mass is 19.3. The molecule has 1 saturated heterocycles. The van der Waals surface area contributed by atoms with Gasteiger partial charge in [0.15, 0.2) is 0 Å². The molecule has 1 unspecified atom stereocenters. The van der Waals surface area contributed by atoms with Gasteiger partial charge in [0.2, 0.25) is 0 Å². The van der Waals surface area contributed by atoms with E-state index in [1.165, 1.54) is 12.1 Å². The molecule has 1 heterocycles. The van der Waals surface area contributed by atoms with Crippen molar-refractivity contribution in [3.05, 3.63) is 33.9 Å². The molecule has 5 nitrogen and oxygen atoms in total. The van der Waals surface area contributed by atoms with Crippen LogP contribution in [0, 0.1) is 16.0 Å². The molecule has 1 fully saturated rings. The number of non-ortho nitro benzene ring substituents is 1. The van der Waals surface area contributed by atoms with Crippen LogP contribution in [0.5, 0.6) is 0 Å². The monoisotopic (exact) mass is 285 g/mol. The molecule has 0 spiro atoms. The summed E-state index contributed by atoms with van der Waals surface area (Å²) < 4.78 is 26.2. The van der Waals surface area contributed by atoms with Gasteiger partial charge in [0.1, 0.15) is 0 Å². The number of nitrogens with one attached hydrogen (secondary N) is 1. The summed E-state index contributed by atoms with van der Waals surface area (Å²) in [4.78, 5) is 11.9. The fourth-order valence-corrected chi connectivity index (χ4v) is 2.62. The molecule has 0 saturated carbocycles. The molecule has 1 aromatic carbocycles. The summed E-state index contributed by atoms with van der Waals surface area (Å²) in [6.45, 7) is 2.23. The van der Waals surface area contributed by atoms with E-state index in [9.17, 15) is 18.9 Å². The molecular formula is C13H17F2N3O2. The third-order valence-corrected chi connectivity index (χ3v) is 3.58. The van der Waals surface area contributed by atoms with E-state index in [1.807, 2.05) is 11.9 Å². The van der Waals surface area contributed by atoms with Gasteiger partial charge in [-0.3, -0.25) is 10.1 Å². The Bertz CT molecular complexity index is 497. The minimum Gasteiger partial charge on any atom is -0.371 e. The average Bonchev–Trinajstić information content (AvgIpc) is 2.86. The van der Waals surface area contributed by atoms with Crippen molar-refractivity contribution in [1.29, 1.82) is 0 Å². The zero-order chi connectivity index (χ0) is 14.7. The molecule has 110 valence electrons. The second-order valence-corrected chi connectivity index (χ2v) is 4.96. The normalized spacial score (nSPS) is 18.8. The Morgan fingerprint density at radius 3 is 2.90 bits per heavy atom. The summed E-state index contributed by atoms with van der Waals surface area (Å²) in [5, 5.41) is 13.8. The van der Waals surface area contributed by atoms with Gasteiger partial charge in [-0.05, 0) is 32.0 Å². The highest BCUT2D eigenvalue weighted by molar-refractivity contribution is 5.59. The number of hydrogen-bond donors (Lipinski definition) is 1. The van der Waals surface area contributed by atoms with Crippen LogP contribution >= 0.6 is 0 Å². The fourth-order valence-electron chi connectivity index (χ4n) is 2.62. The molecule has 1 aliphatic heterocycles. The molecule has 1 N–H and O–H groups in total. The van der Waals surface area contributed by atoms with Crippen LogP contribution in [0.3, 0.4) is 0 Å². The molecule has 2 rings (SSSR count). The lowest BCUT2D eigenvalue weighted by Crippen LogP contribution is -2.25. The van der Waals surface area contributed by atoms with Crippen LogP contribution in [0.4, 0.5) is 20.2 Å². The number of anilines is 1. The minimum atomic E-state index is -2.71. The molecule has 1 atom stereocenters. The lowest BCUT2D eigenvalue weighted by molar-refractivity contribution is -0.385. The van der Waals surface area contributed by atoms with Crippen LogP contribution in [0.25, 0.3) is 0 Å². The van der Waals surface area contributed by atoms with E-state index in [4.69, 9.17) is 0 Å². The van der Waals surface area contributed by atoms with Crippen molar-refractivity contribution in [3.63, 3.8) is 0 Å². The molecule has 0 bridgehead atoms. The number of nitrogens with zero attached hydrogens (tertiary/aromatic N) is 2. The Morgan fingerprint density at radius 1 is 1.55 bits per heavy atom. The van der Waals surface area contributed by atoms with Crippen molar-refractivity contribution in [2.24, 2.45) is 5.92 Å². The van der Waals surface area contributed by atoms with E-state index < -0.39 is 11.3 Å². The van der Waals surface area contributed by atoms with Gasteiger partial charge in [0, 0.05) is 36.5 Å². The van der Waals surface area contributed by atoms with Crippen LogP contribution in [0.2, 0.25) is 0 Å². The van der Waals surface area contributed by atoms with Gasteiger partial charge < -0.3 is 10.2 Å². The molecule has 0 aliphatic carbocycles. The van der Waals surface area contributed by atoms with Gasteiger partial charge in [-0.15, -0.1) is 0 Å². The topological polar surface area (TPSA) is 58.4 Å². The number of halogens is 2. The molecule has 7 heteroatoms. The summed E-state index contributed by atoms with van der Waals surface area (Å²) in [6, 6.07) is 3.69. The van der Waals surface area contributed by atoms with Crippen molar-refractivity contribution in [2.75, 3.05) is 31.6 Å². The number of nitro groups is 1. The molecule has 0 aromatic heterocycles. The van der Waals surface area contributed by atoms with Gasteiger partial charge in [0.05, 0.1) is 4.92 Å². The van der Waals surface area contributed by atoms with Gasteiger partial charge in [-0.2, -0.15) is 0 Å². The number of alkyl halides is 2. The maximum atomic E-state index is 13.1. The largest absolute Gasteiger partial charge is 0.371 e. The van der Waals surface area contributed by atoms with Crippen molar-refractivity contribution in [1.82, 2.24) is 5.32 Å². The Hall–Kier alpha value is -1.76. The van der Waals surface area contributed by atoms with E-state index in [2.05, 4.69) is 5.32 Å². The van der Waals surface area contributed by atoms with E-state index in [-0.39, 0.29) is 11.3 Å². The van der Waals surface area contributed by atoms with Gasteiger partial charge in [-0.25, -0.2) is 8.78 Å². The maximum absolute atomic E-state index is 13.1. The molecular weight excluding hydrogens is 268 g/mol. The maximum Gasteiger partial charge on any atom is 0.270 e. The van der Waals surface area contributed by atoms with Crippen molar-refractivity contribution >= 4 is 11.4 Å². The summed E-state index contributed by atoms with van der Waals surface area (Å²) in [6.07, 6.45) is -1.78. The minimum absolute atomic E-state index is 0.260. The van der Waals surface area contributed by atoms with Gasteiger partial charge in [0.25, 0.3) is 12.1 Å². The Morgan fingerprint density at radius 2 is 2.30 bits per heavy atom. The van der Waals surface area contributed by atoms with E-state index >= 15 is 0 Å². The van der Waals surface area contributed by atoms with Gasteiger partial charge in [-0.1, -0.05) is 0 Å². The highest BCUT2D eigenvalue weighted by Crippen LogP contribution is 2.35. The van der Waals surface area contributed by atoms with Crippen molar-refractivity contribution in [2.45, 2.75) is 12.8 Å². The van der Waals surface area contributed by atoms with Crippen molar-refractivity contribution < 1.29 is 13.7 Å². The van der Waals surface area contributed by atoms with Crippen LogP contribution < -0.4 is 10.2 Å². The standard InChI is InChI=1S/C13H17F2N3O2/c1-16-7-9-4-5-17(8-9)12-3-2-10(18(19)20)6-11(12)13(14)15/h2-3,6,9,13,16H,4-5,7-8H2,1H3. The molecule has 0 radical (unpaired) electrons. The highest BCUT2D eigenvalue weighted by Gasteiger charge is 2.27. The first-order valence-corrected chi connectivity index (χ1v) is 6.49. The zero-order valence-corrected chi connectivity index (χ0v) is 11.2. The predicted molar refractivity (Wildman–Crippen MR) is 72.3 cm³/mol. The quantitative estimate of drug-likeness (QED) is 0.667. The van der Waals surface area contributed by atoms with Gasteiger partial charge >= 0.3 is 0 Å². The van der Waals surface area contributed by atoms with E-state index in [1.54, 1.807) is 0 Å². The first kappa shape index (κ1) is 14.6. The Balaban J connectivity index is 2.25. The predicted octanol–water partition coefficient (Wildman–Crippen LogP) is 2.58. The number of rotatable bonds is 5. The lowest BCUT2D eigenvalue weighted by atomic mass is 10.1.